The van der Waals surface area contributed by atoms with Crippen LogP contribution in [0.25, 0.3) is 65.3 Å². The molecule has 0 unspecified atom stereocenters. The highest BCUT2D eigenvalue weighted by molar-refractivity contribution is 6.11. The van der Waals surface area contributed by atoms with Gasteiger partial charge in [0.15, 0.2) is 0 Å². The SMILES string of the molecule is COC(=O)C1(NC(=O)C2(NC(=O)OCc3ccccc3)Cc3ccc4ccccc4c3-c3c(ccc4ccccc34)C2)Cc2ccc3ccccc3c2-c2c(ccc3ccccc23)C1. The molecule has 2 amide bonds. The number of amides is 2. The molecule has 2 aliphatic rings. The number of methoxy groups -OCH3 is 1. The second-order valence-electron chi connectivity index (χ2n) is 17.3. The highest BCUT2D eigenvalue weighted by Gasteiger charge is 2.51. The van der Waals surface area contributed by atoms with Crippen molar-refractivity contribution < 1.29 is 23.9 Å². The average Bonchev–Trinajstić information content (AvgIpc) is 3.59. The Morgan fingerprint density at radius 1 is 0.438 bits per heavy atom. The molecule has 0 saturated heterocycles. The molecule has 11 rings (SSSR count). The Labute approximate surface area is 370 Å². The summed E-state index contributed by atoms with van der Waals surface area (Å²) in [5.41, 5.74) is 5.24. The van der Waals surface area contributed by atoms with Gasteiger partial charge < -0.3 is 20.1 Å². The molecule has 0 saturated carbocycles. The molecule has 0 aliphatic heterocycles. The standard InChI is InChI=1S/C57H44N2O5/c1-63-54(61)57(33-43-29-25-39-17-7-11-21-47(39)51(43)52-44(34-57)30-26-40-18-8-12-22-48(40)52)58-53(60)56(59-55(62)64-35-36-13-3-2-4-14-36)31-41-27-23-37-15-5-9-19-45(37)49(41)50-42(32-56)28-24-38-16-6-10-20-46(38)50/h2-30H,31-35H2,1H3,(H,58,60)(H,59,62). The maximum Gasteiger partial charge on any atom is 0.408 e. The molecule has 9 aromatic carbocycles. The van der Waals surface area contributed by atoms with Crippen LogP contribution >= 0.6 is 0 Å². The quantitative estimate of drug-likeness (QED) is 0.163. The number of carbonyl (C=O) groups is 3. The van der Waals surface area contributed by atoms with Gasteiger partial charge in [-0.2, -0.15) is 0 Å². The maximum absolute atomic E-state index is 16.1. The van der Waals surface area contributed by atoms with Crippen molar-refractivity contribution in [2.75, 3.05) is 7.11 Å². The second kappa shape index (κ2) is 15.5. The maximum atomic E-state index is 16.1. The lowest BCUT2D eigenvalue weighted by Gasteiger charge is -2.38. The summed E-state index contributed by atoms with van der Waals surface area (Å²) in [6.07, 6.45) is -0.228. The minimum Gasteiger partial charge on any atom is -0.467 e. The largest absolute Gasteiger partial charge is 0.467 e. The molecule has 7 heteroatoms. The zero-order valence-electron chi connectivity index (χ0n) is 35.3. The number of esters is 1. The Kier molecular flexibility index (Phi) is 9.50. The van der Waals surface area contributed by atoms with Crippen molar-refractivity contribution in [3.63, 3.8) is 0 Å². The number of hydrogen-bond acceptors (Lipinski definition) is 5. The first-order chi connectivity index (χ1) is 31.3. The third-order valence-corrected chi connectivity index (χ3v) is 13.4. The number of rotatable bonds is 6. The van der Waals surface area contributed by atoms with E-state index < -0.39 is 29.0 Å². The van der Waals surface area contributed by atoms with Crippen LogP contribution < -0.4 is 10.6 Å². The number of hydrogen-bond donors (Lipinski definition) is 2. The van der Waals surface area contributed by atoms with E-state index in [0.29, 0.717) is 0 Å². The lowest BCUT2D eigenvalue weighted by Crippen LogP contribution is -2.68. The first-order valence-electron chi connectivity index (χ1n) is 21.8. The molecular weight excluding hydrogens is 793 g/mol. The Balaban J connectivity index is 1.11. The van der Waals surface area contributed by atoms with Gasteiger partial charge in [0.05, 0.1) is 7.11 Å². The molecule has 9 aromatic rings. The van der Waals surface area contributed by atoms with Crippen LogP contribution in [0.2, 0.25) is 0 Å². The van der Waals surface area contributed by atoms with E-state index in [0.717, 1.165) is 93.2 Å². The van der Waals surface area contributed by atoms with Gasteiger partial charge in [-0.1, -0.05) is 176 Å². The molecule has 2 N–H and O–H groups in total. The molecule has 0 fully saturated rings. The van der Waals surface area contributed by atoms with E-state index in [-0.39, 0.29) is 32.3 Å². The van der Waals surface area contributed by atoms with Gasteiger partial charge in [0.25, 0.3) is 0 Å². The molecular formula is C57H44N2O5. The minimum atomic E-state index is -1.63. The van der Waals surface area contributed by atoms with Crippen LogP contribution in [-0.2, 0) is 51.4 Å². The van der Waals surface area contributed by atoms with Gasteiger partial charge in [-0.3, -0.25) is 4.79 Å². The van der Waals surface area contributed by atoms with Crippen molar-refractivity contribution in [2.24, 2.45) is 0 Å². The molecule has 0 radical (unpaired) electrons. The Morgan fingerprint density at radius 2 is 0.797 bits per heavy atom. The molecule has 0 spiro atoms. The van der Waals surface area contributed by atoms with Crippen molar-refractivity contribution in [1.82, 2.24) is 10.6 Å². The van der Waals surface area contributed by atoms with Gasteiger partial charge in [0.2, 0.25) is 5.91 Å². The first kappa shape index (κ1) is 39.1. The Hall–Kier alpha value is -7.77. The van der Waals surface area contributed by atoms with Crippen LogP contribution in [-0.4, -0.2) is 36.2 Å². The summed E-state index contributed by atoms with van der Waals surface area (Å²) in [6, 6.07) is 59.2. The lowest BCUT2D eigenvalue weighted by molar-refractivity contribution is -0.152. The lowest BCUT2D eigenvalue weighted by atomic mass is 9.81. The number of nitrogens with one attached hydrogen (secondary N) is 2. The fraction of sp³-hybridized carbons (Fsp3) is 0.140. The summed E-state index contributed by atoms with van der Waals surface area (Å²) in [5.74, 6) is -1.09. The number of fused-ring (bicyclic) bond motifs is 14. The van der Waals surface area contributed by atoms with Crippen LogP contribution in [0.1, 0.15) is 27.8 Å². The van der Waals surface area contributed by atoms with Crippen molar-refractivity contribution in [1.29, 1.82) is 0 Å². The normalized spacial score (nSPS) is 14.6. The number of alkyl carbamates (subject to hydrolysis) is 1. The van der Waals surface area contributed by atoms with Gasteiger partial charge >= 0.3 is 12.1 Å². The van der Waals surface area contributed by atoms with Gasteiger partial charge in [-0.25, -0.2) is 9.59 Å². The molecule has 312 valence electrons. The molecule has 0 bridgehead atoms. The zero-order valence-corrected chi connectivity index (χ0v) is 35.3. The molecule has 7 nitrogen and oxygen atoms in total. The van der Waals surface area contributed by atoms with E-state index >= 15 is 4.79 Å². The fourth-order valence-electron chi connectivity index (χ4n) is 10.5. The average molecular weight is 837 g/mol. The summed E-state index contributed by atoms with van der Waals surface area (Å²) < 4.78 is 11.6. The molecule has 0 heterocycles. The van der Waals surface area contributed by atoms with Crippen LogP contribution in [0.3, 0.4) is 0 Å². The third-order valence-electron chi connectivity index (χ3n) is 13.4. The van der Waals surface area contributed by atoms with E-state index in [4.69, 9.17) is 9.47 Å². The van der Waals surface area contributed by atoms with E-state index in [1.807, 2.05) is 78.9 Å². The summed E-state index contributed by atoms with van der Waals surface area (Å²) in [5, 5.41) is 15.0. The van der Waals surface area contributed by atoms with E-state index in [2.05, 4.69) is 108 Å². The van der Waals surface area contributed by atoms with Crippen molar-refractivity contribution in [3.05, 3.63) is 204 Å². The van der Waals surface area contributed by atoms with Gasteiger partial charge in [0.1, 0.15) is 17.7 Å². The van der Waals surface area contributed by atoms with Crippen LogP contribution in [0.4, 0.5) is 4.79 Å². The van der Waals surface area contributed by atoms with Crippen molar-refractivity contribution >= 4 is 61.1 Å². The van der Waals surface area contributed by atoms with Crippen LogP contribution in [0.5, 0.6) is 0 Å². The topological polar surface area (TPSA) is 93.7 Å². The summed E-state index contributed by atoms with van der Waals surface area (Å²) in [7, 11) is 1.37. The molecule has 64 heavy (non-hydrogen) atoms. The van der Waals surface area contributed by atoms with Gasteiger partial charge in [-0.15, -0.1) is 0 Å². The van der Waals surface area contributed by atoms with E-state index in [1.165, 1.54) is 7.11 Å². The van der Waals surface area contributed by atoms with Crippen molar-refractivity contribution in [3.8, 4) is 22.3 Å². The summed E-state index contributed by atoms with van der Waals surface area (Å²) in [6.45, 7) is 0.00833. The predicted molar refractivity (Wildman–Crippen MR) is 254 cm³/mol. The van der Waals surface area contributed by atoms with Crippen LogP contribution in [0, 0.1) is 0 Å². The highest BCUT2D eigenvalue weighted by Crippen LogP contribution is 2.47. The smallest absolute Gasteiger partial charge is 0.408 e. The number of benzene rings is 9. The Morgan fingerprint density at radius 3 is 1.19 bits per heavy atom. The molecule has 0 atom stereocenters. The van der Waals surface area contributed by atoms with Gasteiger partial charge in [-0.05, 0) is 93.2 Å². The second-order valence-corrected chi connectivity index (χ2v) is 17.3. The number of carbonyl (C=O) groups excluding carboxylic acids is 3. The van der Waals surface area contributed by atoms with E-state index in [9.17, 15) is 9.59 Å². The Bertz CT molecular complexity index is 3180. The fourth-order valence-corrected chi connectivity index (χ4v) is 10.5. The van der Waals surface area contributed by atoms with Crippen LogP contribution in [0.15, 0.2) is 176 Å². The third kappa shape index (κ3) is 6.54. The highest BCUT2D eigenvalue weighted by atomic mass is 16.5. The summed E-state index contributed by atoms with van der Waals surface area (Å²) in [4.78, 5) is 45.2. The van der Waals surface area contributed by atoms with E-state index in [1.54, 1.807) is 0 Å². The molecule has 0 aromatic heterocycles. The first-order valence-corrected chi connectivity index (χ1v) is 21.8. The number of ether oxygens (including phenoxy) is 2. The van der Waals surface area contributed by atoms with Gasteiger partial charge in [0, 0.05) is 25.7 Å². The zero-order chi connectivity index (χ0) is 43.4. The monoisotopic (exact) mass is 836 g/mol. The minimum absolute atomic E-state index is 0.00833. The molecule has 2 aliphatic carbocycles. The van der Waals surface area contributed by atoms with Crippen molar-refractivity contribution in [2.45, 2.75) is 43.4 Å². The predicted octanol–water partition coefficient (Wildman–Crippen LogP) is 11.2. The summed E-state index contributed by atoms with van der Waals surface area (Å²) >= 11 is 0.